The molecule has 51 heavy (non-hydrogen) atoms. The first-order valence-electron chi connectivity index (χ1n) is 22.5. The highest BCUT2D eigenvalue weighted by Gasteiger charge is 2.27. The van der Waals surface area contributed by atoms with E-state index >= 15 is 0 Å². The fourth-order valence-corrected chi connectivity index (χ4v) is 7.81. The summed E-state index contributed by atoms with van der Waals surface area (Å²) < 4.78 is 1.21. The minimum absolute atomic E-state index is 1.16. The van der Waals surface area contributed by atoms with Crippen molar-refractivity contribution in [3.05, 3.63) is 96.1 Å². The summed E-state index contributed by atoms with van der Waals surface area (Å²) >= 11 is 0. The molecule has 0 fully saturated rings. The lowest BCUT2D eigenvalue weighted by molar-refractivity contribution is -0.954. The molecule has 2 rings (SSSR count). The summed E-state index contributed by atoms with van der Waals surface area (Å²) in [6.45, 7) is 9.53. The Hall–Kier alpha value is -2.12. The quantitative estimate of drug-likeness (QED) is 0.0377. The van der Waals surface area contributed by atoms with Crippen LogP contribution in [0.4, 0.5) is 0 Å². The fourth-order valence-electron chi connectivity index (χ4n) is 7.81. The molecule has 0 atom stereocenters. The standard InChI is InChI=1S/C50H84N/c1-3-5-7-9-11-13-15-17-19-21-23-25-27-29-31-39-45-51(47-49-41-35-33-36-42-49,48-50-43-37-34-38-44-50)46-40-32-30-28-26-24-22-20-18-16-14-12-10-8-6-4-2/h15-18,33-38,41-44H,3-14,19-32,39-40,45-48H2,1-2H3/q+1/b17-15+,18-16+. The predicted molar refractivity (Wildman–Crippen MR) is 229 cm³/mol. The summed E-state index contributed by atoms with van der Waals surface area (Å²) in [5.41, 5.74) is 3.01. The van der Waals surface area contributed by atoms with Crippen LogP contribution in [0, 0.1) is 0 Å². The van der Waals surface area contributed by atoms with E-state index in [1.54, 1.807) is 0 Å². The Morgan fingerprint density at radius 3 is 0.922 bits per heavy atom. The Morgan fingerprint density at radius 2 is 0.608 bits per heavy atom. The lowest BCUT2D eigenvalue weighted by Gasteiger charge is -2.39. The van der Waals surface area contributed by atoms with Crippen LogP contribution in [0.25, 0.3) is 0 Å². The van der Waals surface area contributed by atoms with Gasteiger partial charge in [0.2, 0.25) is 0 Å². The Kier molecular flexibility index (Phi) is 29.8. The number of hydrogen-bond donors (Lipinski definition) is 0. The van der Waals surface area contributed by atoms with Gasteiger partial charge in [-0.1, -0.05) is 202 Å². The van der Waals surface area contributed by atoms with E-state index in [0.717, 1.165) is 13.1 Å². The molecule has 0 spiro atoms. The highest BCUT2D eigenvalue weighted by molar-refractivity contribution is 5.15. The van der Waals surface area contributed by atoms with Gasteiger partial charge in [0, 0.05) is 11.1 Å². The van der Waals surface area contributed by atoms with E-state index in [9.17, 15) is 0 Å². The minimum Gasteiger partial charge on any atom is -0.316 e. The summed E-state index contributed by atoms with van der Waals surface area (Å²) in [5, 5.41) is 0. The molecule has 0 aliphatic rings. The summed E-state index contributed by atoms with van der Waals surface area (Å²) in [4.78, 5) is 0. The van der Waals surface area contributed by atoms with Gasteiger partial charge in [0.15, 0.2) is 0 Å². The molecule has 0 unspecified atom stereocenters. The molecule has 0 aliphatic carbocycles. The second-order valence-electron chi connectivity index (χ2n) is 16.0. The van der Waals surface area contributed by atoms with Gasteiger partial charge >= 0.3 is 0 Å². The Balaban J connectivity index is 1.71. The van der Waals surface area contributed by atoms with E-state index in [2.05, 4.69) is 98.8 Å². The molecule has 0 amide bonds. The van der Waals surface area contributed by atoms with Crippen LogP contribution < -0.4 is 0 Å². The summed E-state index contributed by atoms with van der Waals surface area (Å²) in [6, 6.07) is 22.8. The van der Waals surface area contributed by atoms with Crippen molar-refractivity contribution in [2.45, 2.75) is 207 Å². The number of benzene rings is 2. The van der Waals surface area contributed by atoms with E-state index < -0.39 is 0 Å². The van der Waals surface area contributed by atoms with Gasteiger partial charge in [-0.05, 0) is 77.0 Å². The zero-order chi connectivity index (χ0) is 36.2. The van der Waals surface area contributed by atoms with Crippen LogP contribution in [0.2, 0.25) is 0 Å². The Bertz CT molecular complexity index is 952. The largest absolute Gasteiger partial charge is 0.316 e. The number of nitrogens with zero attached hydrogens (tertiary/aromatic N) is 1. The van der Waals surface area contributed by atoms with Gasteiger partial charge in [-0.2, -0.15) is 0 Å². The predicted octanol–water partition coefficient (Wildman–Crippen LogP) is 16.3. The lowest BCUT2D eigenvalue weighted by Crippen LogP contribution is -2.48. The number of hydrogen-bond acceptors (Lipinski definition) is 0. The van der Waals surface area contributed by atoms with Crippen LogP contribution in [0.1, 0.15) is 205 Å². The third kappa shape index (κ3) is 26.3. The van der Waals surface area contributed by atoms with Crippen molar-refractivity contribution >= 4 is 0 Å². The monoisotopic (exact) mass is 699 g/mol. The molecule has 0 saturated heterocycles. The molecule has 2 aromatic carbocycles. The normalized spacial score (nSPS) is 12.1. The van der Waals surface area contributed by atoms with Gasteiger partial charge < -0.3 is 4.48 Å². The first-order chi connectivity index (χ1) is 25.3. The molecule has 0 bridgehead atoms. The van der Waals surface area contributed by atoms with Crippen LogP contribution >= 0.6 is 0 Å². The Labute approximate surface area is 319 Å². The van der Waals surface area contributed by atoms with E-state index in [0.29, 0.717) is 0 Å². The minimum atomic E-state index is 1.16. The van der Waals surface area contributed by atoms with Gasteiger partial charge in [0.1, 0.15) is 13.1 Å². The molecule has 0 aromatic heterocycles. The van der Waals surface area contributed by atoms with Crippen molar-refractivity contribution in [1.82, 2.24) is 0 Å². The van der Waals surface area contributed by atoms with Crippen LogP contribution in [0.3, 0.4) is 0 Å². The third-order valence-corrected chi connectivity index (χ3v) is 11.0. The van der Waals surface area contributed by atoms with E-state index in [1.165, 1.54) is 208 Å². The van der Waals surface area contributed by atoms with Crippen LogP contribution in [0.15, 0.2) is 85.0 Å². The van der Waals surface area contributed by atoms with Gasteiger partial charge in [-0.3, -0.25) is 0 Å². The van der Waals surface area contributed by atoms with Crippen molar-refractivity contribution in [2.75, 3.05) is 13.1 Å². The second-order valence-corrected chi connectivity index (χ2v) is 16.0. The fraction of sp³-hybridized carbons (Fsp3) is 0.680. The number of unbranched alkanes of at least 4 members (excludes halogenated alkanes) is 24. The SMILES string of the molecule is CCCCCCC/C=C/CCCCCCCCC[N+](CCCCCCCCC/C=C/CCCCCCC)(Cc1ccccc1)Cc1ccccc1. The number of allylic oxidation sites excluding steroid dienone is 4. The average Bonchev–Trinajstić information content (AvgIpc) is 3.15. The van der Waals surface area contributed by atoms with Crippen molar-refractivity contribution in [3.8, 4) is 0 Å². The third-order valence-electron chi connectivity index (χ3n) is 11.0. The van der Waals surface area contributed by atoms with Crippen molar-refractivity contribution in [1.29, 1.82) is 0 Å². The van der Waals surface area contributed by atoms with E-state index in [-0.39, 0.29) is 0 Å². The average molecular weight is 699 g/mol. The van der Waals surface area contributed by atoms with Crippen molar-refractivity contribution < 1.29 is 4.48 Å². The second kappa shape index (κ2) is 33.7. The Morgan fingerprint density at radius 1 is 0.333 bits per heavy atom. The number of rotatable bonds is 36. The zero-order valence-corrected chi connectivity index (χ0v) is 34.2. The van der Waals surface area contributed by atoms with Gasteiger partial charge in [-0.15, -0.1) is 0 Å². The maximum absolute atomic E-state index is 2.45. The number of quaternary nitrogens is 1. The molecule has 288 valence electrons. The molecule has 0 radical (unpaired) electrons. The zero-order valence-electron chi connectivity index (χ0n) is 34.2. The maximum atomic E-state index is 2.45. The first-order valence-corrected chi connectivity index (χ1v) is 22.5. The summed E-state index contributed by atoms with van der Waals surface area (Å²) in [6.07, 6.45) is 48.3. The first kappa shape index (κ1) is 45.0. The van der Waals surface area contributed by atoms with E-state index in [1.807, 2.05) is 0 Å². The molecule has 0 saturated carbocycles. The highest BCUT2D eigenvalue weighted by atomic mass is 15.3. The maximum Gasteiger partial charge on any atom is 0.105 e. The molecule has 0 aliphatic heterocycles. The molecule has 0 heterocycles. The van der Waals surface area contributed by atoms with Gasteiger partial charge in [0.25, 0.3) is 0 Å². The van der Waals surface area contributed by atoms with Crippen LogP contribution in [-0.4, -0.2) is 17.6 Å². The van der Waals surface area contributed by atoms with Crippen molar-refractivity contribution in [3.63, 3.8) is 0 Å². The topological polar surface area (TPSA) is 0 Å². The van der Waals surface area contributed by atoms with Crippen molar-refractivity contribution in [2.24, 2.45) is 0 Å². The molecular formula is C50H84N+. The van der Waals surface area contributed by atoms with Gasteiger partial charge in [0.05, 0.1) is 13.1 Å². The van der Waals surface area contributed by atoms with E-state index in [4.69, 9.17) is 0 Å². The summed E-state index contributed by atoms with van der Waals surface area (Å²) in [5.74, 6) is 0. The molecule has 1 nitrogen and oxygen atoms in total. The summed E-state index contributed by atoms with van der Waals surface area (Å²) in [7, 11) is 0. The van der Waals surface area contributed by atoms with Crippen LogP contribution in [-0.2, 0) is 13.1 Å². The lowest BCUT2D eigenvalue weighted by atomic mass is 10.0. The molecule has 2 aromatic rings. The van der Waals surface area contributed by atoms with Gasteiger partial charge in [-0.25, -0.2) is 0 Å². The molecule has 1 heteroatoms. The van der Waals surface area contributed by atoms with Crippen LogP contribution in [0.5, 0.6) is 0 Å². The highest BCUT2D eigenvalue weighted by Crippen LogP contribution is 2.24. The molecule has 0 N–H and O–H groups in total. The molecular weight excluding hydrogens is 615 g/mol. The smallest absolute Gasteiger partial charge is 0.105 e.